The third-order valence-electron chi connectivity index (χ3n) is 4.84. The number of thioether (sulfide) groups is 1. The molecule has 0 saturated carbocycles. The van der Waals surface area contributed by atoms with Gasteiger partial charge >= 0.3 is 0 Å². The van der Waals surface area contributed by atoms with Gasteiger partial charge in [0.05, 0.1) is 24.3 Å². The van der Waals surface area contributed by atoms with Crippen molar-refractivity contribution >= 4 is 52.1 Å². The van der Waals surface area contributed by atoms with Gasteiger partial charge in [-0.1, -0.05) is 50.7 Å². The molecule has 1 aromatic carbocycles. The number of thiocarbonyl (C=S) groups is 1. The number of nitrogens with zero attached hydrogens (tertiary/aromatic N) is 2. The van der Waals surface area contributed by atoms with E-state index in [0.717, 1.165) is 37.2 Å². The van der Waals surface area contributed by atoms with Crippen LogP contribution >= 0.6 is 35.9 Å². The average molecular weight is 469 g/mol. The van der Waals surface area contributed by atoms with Crippen LogP contribution < -0.4 is 9.47 Å². The van der Waals surface area contributed by atoms with E-state index in [1.807, 2.05) is 0 Å². The minimum Gasteiger partial charge on any atom is -0.489 e. The van der Waals surface area contributed by atoms with Crippen molar-refractivity contribution in [2.45, 2.75) is 39.5 Å². The van der Waals surface area contributed by atoms with E-state index in [1.54, 1.807) is 21.3 Å². The van der Waals surface area contributed by atoms with Crippen LogP contribution in [0.1, 0.15) is 60.2 Å². The molecule has 0 aromatic heterocycles. The minimum absolute atomic E-state index is 0.107. The first-order chi connectivity index (χ1) is 14.6. The second kappa shape index (κ2) is 11.2. The van der Waals surface area contributed by atoms with E-state index in [0.29, 0.717) is 53.2 Å². The van der Waals surface area contributed by atoms with Gasteiger partial charge in [-0.25, -0.2) is 0 Å². The molecule has 2 heterocycles. The molecule has 6 nitrogen and oxygen atoms in total. The molecule has 2 amide bonds. The highest BCUT2D eigenvalue weighted by Crippen LogP contribution is 2.39. The largest absolute Gasteiger partial charge is 0.489 e. The summed E-state index contributed by atoms with van der Waals surface area (Å²) in [4.78, 5) is 27.9. The molecule has 0 bridgehead atoms. The van der Waals surface area contributed by atoms with Gasteiger partial charge in [-0.3, -0.25) is 18.8 Å². The van der Waals surface area contributed by atoms with E-state index < -0.39 is 0 Å². The van der Waals surface area contributed by atoms with Crippen LogP contribution in [0.25, 0.3) is 0 Å². The van der Waals surface area contributed by atoms with Crippen LogP contribution in [0.2, 0.25) is 0 Å². The predicted octanol–water partition coefficient (Wildman–Crippen LogP) is 4.62. The van der Waals surface area contributed by atoms with Crippen molar-refractivity contribution in [2.75, 3.05) is 37.8 Å². The zero-order valence-corrected chi connectivity index (χ0v) is 19.9. The van der Waals surface area contributed by atoms with Crippen molar-refractivity contribution in [3.63, 3.8) is 0 Å². The summed E-state index contributed by atoms with van der Waals surface area (Å²) in [5, 5.41) is 0. The van der Waals surface area contributed by atoms with Crippen molar-refractivity contribution < 1.29 is 19.1 Å². The van der Waals surface area contributed by atoms with Crippen LogP contribution in [0, 0.1) is 0 Å². The van der Waals surface area contributed by atoms with Crippen molar-refractivity contribution in [1.82, 2.24) is 9.21 Å². The molecule has 9 heteroatoms. The number of hydrogen-bond donors (Lipinski definition) is 0. The summed E-state index contributed by atoms with van der Waals surface area (Å²) >= 11 is 8.34. The molecule has 0 unspecified atom stereocenters. The second-order valence-corrected chi connectivity index (χ2v) is 9.87. The Morgan fingerprint density at radius 1 is 0.967 bits per heavy atom. The standard InChI is InChI=1S/C21H28N2O4S3/c1-3-5-11-26-17-15(19(24)22-9-13-29-21(22)28)7-8-16(18(17)27-12-6-4-2)20(25)23-10-14-30-23/h7-8H,3-6,9-14H2,1-2H3. The lowest BCUT2D eigenvalue weighted by atomic mass is 10.1. The van der Waals surface area contributed by atoms with Crippen molar-refractivity contribution in [2.24, 2.45) is 0 Å². The van der Waals surface area contributed by atoms with E-state index in [4.69, 9.17) is 21.7 Å². The van der Waals surface area contributed by atoms with Gasteiger partial charge in [0.25, 0.3) is 11.8 Å². The Morgan fingerprint density at radius 3 is 1.97 bits per heavy atom. The maximum atomic E-state index is 13.3. The van der Waals surface area contributed by atoms with Gasteiger partial charge < -0.3 is 9.47 Å². The molecule has 3 rings (SSSR count). The molecule has 0 N–H and O–H groups in total. The molecule has 1 aromatic rings. The quantitative estimate of drug-likeness (QED) is 0.282. The normalized spacial score (nSPS) is 15.9. The molecule has 30 heavy (non-hydrogen) atoms. The topological polar surface area (TPSA) is 59.1 Å². The Kier molecular flexibility index (Phi) is 8.71. The number of hydrogen-bond acceptors (Lipinski definition) is 7. The first-order valence-electron chi connectivity index (χ1n) is 10.4. The number of unbranched alkanes of at least 4 members (excludes halogenated alkanes) is 2. The number of carbonyl (C=O) groups excluding carboxylic acids is 2. The first-order valence-corrected chi connectivity index (χ1v) is 12.8. The first kappa shape index (κ1) is 23.2. The van der Waals surface area contributed by atoms with Gasteiger partial charge in [0.15, 0.2) is 11.5 Å². The number of amides is 2. The molecule has 2 fully saturated rings. The Bertz CT molecular complexity index is 799. The molecule has 164 valence electrons. The Morgan fingerprint density at radius 2 is 1.53 bits per heavy atom. The van der Waals surface area contributed by atoms with E-state index in [9.17, 15) is 9.59 Å². The summed E-state index contributed by atoms with van der Waals surface area (Å²) in [5.74, 6) is 2.15. The average Bonchev–Trinajstić information content (AvgIpc) is 3.12. The Balaban J connectivity index is 2.01. The van der Waals surface area contributed by atoms with Crippen molar-refractivity contribution in [3.05, 3.63) is 23.3 Å². The van der Waals surface area contributed by atoms with Gasteiger partial charge in [-0.05, 0) is 36.9 Å². The number of carbonyl (C=O) groups is 2. The fraction of sp³-hybridized carbons (Fsp3) is 0.571. The lowest BCUT2D eigenvalue weighted by Gasteiger charge is -2.30. The molecule has 2 saturated heterocycles. The maximum absolute atomic E-state index is 13.3. The van der Waals surface area contributed by atoms with Gasteiger partial charge in [0, 0.05) is 24.6 Å². The third kappa shape index (κ3) is 5.23. The van der Waals surface area contributed by atoms with E-state index in [-0.39, 0.29) is 11.8 Å². The summed E-state index contributed by atoms with van der Waals surface area (Å²) in [7, 11) is 0. The summed E-state index contributed by atoms with van der Waals surface area (Å²) < 4.78 is 14.4. The van der Waals surface area contributed by atoms with Crippen LogP contribution in [0.5, 0.6) is 11.5 Å². The zero-order valence-electron chi connectivity index (χ0n) is 17.5. The monoisotopic (exact) mass is 468 g/mol. The van der Waals surface area contributed by atoms with E-state index in [1.165, 1.54) is 23.7 Å². The molecule has 0 spiro atoms. The van der Waals surface area contributed by atoms with Gasteiger partial charge in [-0.15, -0.1) is 0 Å². The molecule has 0 atom stereocenters. The Labute approximate surface area is 192 Å². The van der Waals surface area contributed by atoms with Gasteiger partial charge in [-0.2, -0.15) is 0 Å². The highest BCUT2D eigenvalue weighted by Gasteiger charge is 2.33. The molecular weight excluding hydrogens is 440 g/mol. The predicted molar refractivity (Wildman–Crippen MR) is 127 cm³/mol. The van der Waals surface area contributed by atoms with Crippen LogP contribution in [0.3, 0.4) is 0 Å². The fourth-order valence-electron chi connectivity index (χ4n) is 3.02. The summed E-state index contributed by atoms with van der Waals surface area (Å²) in [6.45, 7) is 6.36. The molecule has 0 aliphatic carbocycles. The van der Waals surface area contributed by atoms with E-state index in [2.05, 4.69) is 13.8 Å². The van der Waals surface area contributed by atoms with Crippen LogP contribution in [0.4, 0.5) is 0 Å². The Hall–Kier alpha value is -1.45. The fourth-order valence-corrected chi connectivity index (χ4v) is 4.81. The van der Waals surface area contributed by atoms with Crippen molar-refractivity contribution in [1.29, 1.82) is 0 Å². The van der Waals surface area contributed by atoms with Crippen LogP contribution in [-0.2, 0) is 0 Å². The molecule has 2 aliphatic heterocycles. The lowest BCUT2D eigenvalue weighted by molar-refractivity contribution is 0.0841. The van der Waals surface area contributed by atoms with Crippen LogP contribution in [0.15, 0.2) is 12.1 Å². The number of ether oxygens (including phenoxy) is 2. The van der Waals surface area contributed by atoms with Gasteiger partial charge in [0.2, 0.25) is 0 Å². The number of rotatable bonds is 10. The molecule has 2 aliphatic rings. The zero-order chi connectivity index (χ0) is 21.5. The van der Waals surface area contributed by atoms with Crippen LogP contribution in [-0.4, -0.2) is 63.1 Å². The van der Waals surface area contributed by atoms with Crippen molar-refractivity contribution in [3.8, 4) is 11.5 Å². The summed E-state index contributed by atoms with van der Waals surface area (Å²) in [6, 6.07) is 3.37. The third-order valence-corrected chi connectivity index (χ3v) is 7.29. The second-order valence-electron chi connectivity index (χ2n) is 7.03. The summed E-state index contributed by atoms with van der Waals surface area (Å²) in [5.41, 5.74) is 0.843. The smallest absolute Gasteiger partial charge is 0.267 e. The maximum Gasteiger partial charge on any atom is 0.267 e. The molecular formula is C21H28N2O4S3. The SMILES string of the molecule is CCCCOc1c(C(=O)N2CCS2)ccc(C(=O)N2CCSC2=S)c1OCCCC. The summed E-state index contributed by atoms with van der Waals surface area (Å²) in [6.07, 6.45) is 3.63. The lowest BCUT2D eigenvalue weighted by Crippen LogP contribution is -2.36. The van der Waals surface area contributed by atoms with E-state index >= 15 is 0 Å². The van der Waals surface area contributed by atoms with Gasteiger partial charge in [0.1, 0.15) is 4.32 Å². The highest BCUT2D eigenvalue weighted by atomic mass is 32.2. The highest BCUT2D eigenvalue weighted by molar-refractivity contribution is 8.23. The number of benzene rings is 1. The minimum atomic E-state index is -0.200. The molecule has 0 radical (unpaired) electrons.